The molecule has 102 valence electrons. The Morgan fingerprint density at radius 1 is 1.50 bits per heavy atom. The molecular weight excluding hydrogens is 252 g/mol. The number of aromatic nitrogens is 2. The van der Waals surface area contributed by atoms with Crippen molar-refractivity contribution in [3.63, 3.8) is 0 Å². The second-order valence-corrected chi connectivity index (χ2v) is 6.47. The van der Waals surface area contributed by atoms with Crippen LogP contribution in [0.5, 0.6) is 0 Å². The fraction of sp³-hybridized carbons (Fsp3) is 0.727. The summed E-state index contributed by atoms with van der Waals surface area (Å²) < 4.78 is 28.8. The average Bonchev–Trinajstić information content (AvgIpc) is 2.86. The van der Waals surface area contributed by atoms with E-state index >= 15 is 0 Å². The molecule has 1 aromatic heterocycles. The van der Waals surface area contributed by atoms with Crippen LogP contribution in [-0.2, 0) is 17.1 Å². The van der Waals surface area contributed by atoms with Crippen LogP contribution >= 0.6 is 0 Å². The zero-order chi connectivity index (χ0) is 13.3. The van der Waals surface area contributed by atoms with Gasteiger partial charge in [0.1, 0.15) is 4.90 Å². The van der Waals surface area contributed by atoms with E-state index in [1.165, 1.54) is 0 Å². The largest absolute Gasteiger partial charge is 0.313 e. The van der Waals surface area contributed by atoms with Crippen LogP contribution < -0.4 is 10.0 Å². The molecule has 1 unspecified atom stereocenters. The van der Waals surface area contributed by atoms with Crippen molar-refractivity contribution in [2.75, 3.05) is 13.1 Å². The molecule has 6 nitrogen and oxygen atoms in total. The lowest BCUT2D eigenvalue weighted by atomic mass is 10.2. The Morgan fingerprint density at radius 3 is 2.72 bits per heavy atom. The molecule has 0 aliphatic carbocycles. The van der Waals surface area contributed by atoms with Gasteiger partial charge in [0.05, 0.1) is 11.4 Å². The first-order chi connectivity index (χ1) is 8.42. The van der Waals surface area contributed by atoms with Gasteiger partial charge in [-0.2, -0.15) is 5.10 Å². The fourth-order valence-electron chi connectivity index (χ4n) is 2.36. The zero-order valence-electron chi connectivity index (χ0n) is 11.0. The molecule has 1 aliphatic heterocycles. The van der Waals surface area contributed by atoms with Crippen molar-refractivity contribution in [2.45, 2.75) is 37.6 Å². The van der Waals surface area contributed by atoms with Gasteiger partial charge in [-0.05, 0) is 33.2 Å². The predicted octanol–water partition coefficient (Wildman–Crippen LogP) is 0.0672. The Labute approximate surface area is 108 Å². The van der Waals surface area contributed by atoms with E-state index in [1.54, 1.807) is 25.6 Å². The van der Waals surface area contributed by atoms with Gasteiger partial charge < -0.3 is 5.32 Å². The Bertz CT molecular complexity index is 529. The SMILES string of the molecule is Cc1nn(C)c(C)c1S(=O)(=O)NCC1CCCN1. The van der Waals surface area contributed by atoms with E-state index < -0.39 is 10.0 Å². The van der Waals surface area contributed by atoms with E-state index in [-0.39, 0.29) is 6.04 Å². The summed E-state index contributed by atoms with van der Waals surface area (Å²) >= 11 is 0. The fourth-order valence-corrected chi connectivity index (χ4v) is 3.87. The van der Waals surface area contributed by atoms with Gasteiger partial charge in [0.25, 0.3) is 0 Å². The molecule has 2 N–H and O–H groups in total. The first-order valence-electron chi connectivity index (χ1n) is 6.15. The van der Waals surface area contributed by atoms with Gasteiger partial charge in [-0.3, -0.25) is 4.68 Å². The van der Waals surface area contributed by atoms with Crippen LogP contribution in [0.2, 0.25) is 0 Å². The highest BCUT2D eigenvalue weighted by atomic mass is 32.2. The van der Waals surface area contributed by atoms with Crippen LogP contribution in [0.25, 0.3) is 0 Å². The van der Waals surface area contributed by atoms with Gasteiger partial charge >= 0.3 is 0 Å². The van der Waals surface area contributed by atoms with Crippen molar-refractivity contribution < 1.29 is 8.42 Å². The first-order valence-corrected chi connectivity index (χ1v) is 7.63. The quantitative estimate of drug-likeness (QED) is 0.813. The van der Waals surface area contributed by atoms with Gasteiger partial charge in [0, 0.05) is 19.6 Å². The third kappa shape index (κ3) is 2.57. The summed E-state index contributed by atoms with van der Waals surface area (Å²) in [5.41, 5.74) is 1.21. The van der Waals surface area contributed by atoms with Crippen LogP contribution in [-0.4, -0.2) is 37.3 Å². The highest BCUT2D eigenvalue weighted by molar-refractivity contribution is 7.89. The summed E-state index contributed by atoms with van der Waals surface area (Å²) in [5, 5.41) is 7.41. The Morgan fingerprint density at radius 2 is 2.22 bits per heavy atom. The van der Waals surface area contributed by atoms with E-state index in [9.17, 15) is 8.42 Å². The topological polar surface area (TPSA) is 76.0 Å². The molecule has 0 saturated carbocycles. The highest BCUT2D eigenvalue weighted by Crippen LogP contribution is 2.18. The molecule has 0 amide bonds. The van der Waals surface area contributed by atoms with Gasteiger partial charge in [0.15, 0.2) is 0 Å². The van der Waals surface area contributed by atoms with Gasteiger partial charge in [-0.15, -0.1) is 0 Å². The lowest BCUT2D eigenvalue weighted by Crippen LogP contribution is -2.37. The van der Waals surface area contributed by atoms with Crippen LogP contribution in [0.4, 0.5) is 0 Å². The molecular formula is C11H20N4O2S. The number of nitrogens with zero attached hydrogens (tertiary/aromatic N) is 2. The maximum atomic E-state index is 12.3. The van der Waals surface area contributed by atoms with Crippen LogP contribution in [0, 0.1) is 13.8 Å². The minimum atomic E-state index is -3.46. The summed E-state index contributed by atoms with van der Waals surface area (Å²) in [6, 6.07) is 0.247. The molecule has 1 saturated heterocycles. The summed E-state index contributed by atoms with van der Waals surface area (Å²) in [5.74, 6) is 0. The number of hydrogen-bond acceptors (Lipinski definition) is 4. The molecule has 1 aliphatic rings. The summed E-state index contributed by atoms with van der Waals surface area (Å²) in [6.45, 7) is 4.89. The van der Waals surface area contributed by atoms with Crippen molar-refractivity contribution in [2.24, 2.45) is 7.05 Å². The molecule has 0 spiro atoms. The smallest absolute Gasteiger partial charge is 0.244 e. The van der Waals surface area contributed by atoms with Crippen molar-refractivity contribution >= 4 is 10.0 Å². The monoisotopic (exact) mass is 272 g/mol. The maximum absolute atomic E-state index is 12.3. The van der Waals surface area contributed by atoms with Gasteiger partial charge in [-0.1, -0.05) is 0 Å². The molecule has 1 atom stereocenters. The van der Waals surface area contributed by atoms with Gasteiger partial charge in [-0.25, -0.2) is 13.1 Å². The summed E-state index contributed by atoms with van der Waals surface area (Å²) in [7, 11) is -1.71. The normalized spacial score (nSPS) is 20.5. The minimum absolute atomic E-state index is 0.247. The molecule has 2 rings (SSSR count). The first kappa shape index (κ1) is 13.5. The number of nitrogens with one attached hydrogen (secondary N) is 2. The highest BCUT2D eigenvalue weighted by Gasteiger charge is 2.25. The van der Waals surface area contributed by atoms with Crippen molar-refractivity contribution in [3.05, 3.63) is 11.4 Å². The Hall–Kier alpha value is -0.920. The lowest BCUT2D eigenvalue weighted by molar-refractivity contribution is 0.550. The predicted molar refractivity (Wildman–Crippen MR) is 68.9 cm³/mol. The molecule has 0 bridgehead atoms. The molecule has 1 aromatic rings. The molecule has 0 aromatic carbocycles. The average molecular weight is 272 g/mol. The van der Waals surface area contributed by atoms with Crippen molar-refractivity contribution in [3.8, 4) is 0 Å². The Balaban J connectivity index is 2.14. The van der Waals surface area contributed by atoms with E-state index in [2.05, 4.69) is 15.1 Å². The van der Waals surface area contributed by atoms with Crippen LogP contribution in [0.3, 0.4) is 0 Å². The van der Waals surface area contributed by atoms with Crippen LogP contribution in [0.1, 0.15) is 24.2 Å². The van der Waals surface area contributed by atoms with E-state index in [1.807, 2.05) is 0 Å². The molecule has 7 heteroatoms. The number of sulfonamides is 1. The summed E-state index contributed by atoms with van der Waals surface area (Å²) in [4.78, 5) is 0.308. The standard InChI is InChI=1S/C11H20N4O2S/c1-8-11(9(2)15(3)14-8)18(16,17)13-7-10-5-4-6-12-10/h10,12-13H,4-7H2,1-3H3. The molecule has 0 radical (unpaired) electrons. The Kier molecular flexibility index (Phi) is 3.74. The zero-order valence-corrected chi connectivity index (χ0v) is 11.8. The van der Waals surface area contributed by atoms with Crippen molar-refractivity contribution in [1.29, 1.82) is 0 Å². The van der Waals surface area contributed by atoms with E-state index in [0.717, 1.165) is 19.4 Å². The second kappa shape index (κ2) is 4.99. The van der Waals surface area contributed by atoms with E-state index in [0.29, 0.717) is 22.8 Å². The molecule has 2 heterocycles. The van der Waals surface area contributed by atoms with Gasteiger partial charge in [0.2, 0.25) is 10.0 Å². The minimum Gasteiger partial charge on any atom is -0.313 e. The third-order valence-corrected chi connectivity index (χ3v) is 5.07. The maximum Gasteiger partial charge on any atom is 0.244 e. The third-order valence-electron chi connectivity index (χ3n) is 3.39. The number of hydrogen-bond donors (Lipinski definition) is 2. The molecule has 18 heavy (non-hydrogen) atoms. The van der Waals surface area contributed by atoms with Crippen LogP contribution in [0.15, 0.2) is 4.90 Å². The number of rotatable bonds is 4. The summed E-state index contributed by atoms with van der Waals surface area (Å²) in [6.07, 6.45) is 2.13. The molecule has 1 fully saturated rings. The lowest BCUT2D eigenvalue weighted by Gasteiger charge is -2.12. The van der Waals surface area contributed by atoms with E-state index in [4.69, 9.17) is 0 Å². The number of aryl methyl sites for hydroxylation is 2. The van der Waals surface area contributed by atoms with Crippen molar-refractivity contribution in [1.82, 2.24) is 19.8 Å². The second-order valence-electron chi connectivity index (χ2n) is 4.77.